The molecule has 3 rings (SSSR count). The molecule has 1 amide bonds. The maximum Gasteiger partial charge on any atom is 0.261 e. The molecule has 23 heavy (non-hydrogen) atoms. The molecule has 1 aliphatic carbocycles. The lowest BCUT2D eigenvalue weighted by Crippen LogP contribution is -2.39. The van der Waals surface area contributed by atoms with Gasteiger partial charge in [0.15, 0.2) is 6.10 Å². The molecule has 122 valence electrons. The highest BCUT2D eigenvalue weighted by molar-refractivity contribution is 5.81. The van der Waals surface area contributed by atoms with Crippen molar-refractivity contribution >= 4 is 5.91 Å². The highest BCUT2D eigenvalue weighted by Crippen LogP contribution is 2.30. The van der Waals surface area contributed by atoms with Crippen LogP contribution in [0, 0.1) is 0 Å². The second-order valence-corrected chi connectivity index (χ2v) is 5.69. The van der Waals surface area contributed by atoms with Crippen molar-refractivity contribution in [2.45, 2.75) is 38.3 Å². The van der Waals surface area contributed by atoms with Crippen LogP contribution >= 0.6 is 0 Å². The van der Waals surface area contributed by atoms with Crippen molar-refractivity contribution in [1.82, 2.24) is 5.32 Å². The Labute approximate surface area is 135 Å². The van der Waals surface area contributed by atoms with Gasteiger partial charge in [-0.25, -0.2) is 0 Å². The molecule has 0 radical (unpaired) electrons. The molecule has 0 aliphatic heterocycles. The van der Waals surface area contributed by atoms with E-state index in [1.807, 2.05) is 6.07 Å². The number of hydrogen-bond acceptors (Lipinski definition) is 4. The van der Waals surface area contributed by atoms with E-state index in [4.69, 9.17) is 13.9 Å². The van der Waals surface area contributed by atoms with Crippen molar-refractivity contribution in [2.24, 2.45) is 0 Å². The maximum atomic E-state index is 12.4. The number of fused-ring (bicyclic) bond motifs is 1. The summed E-state index contributed by atoms with van der Waals surface area (Å²) >= 11 is 0. The quantitative estimate of drug-likeness (QED) is 0.920. The first-order valence-electron chi connectivity index (χ1n) is 7.84. The summed E-state index contributed by atoms with van der Waals surface area (Å²) < 4.78 is 16.3. The van der Waals surface area contributed by atoms with E-state index in [1.165, 1.54) is 0 Å². The fourth-order valence-corrected chi connectivity index (χ4v) is 2.84. The fraction of sp³-hybridized carbons (Fsp3) is 0.389. The Bertz CT molecular complexity index is 662. The zero-order chi connectivity index (χ0) is 16.2. The topological polar surface area (TPSA) is 60.7 Å². The van der Waals surface area contributed by atoms with Crippen LogP contribution in [0.1, 0.15) is 37.1 Å². The van der Waals surface area contributed by atoms with E-state index in [2.05, 4.69) is 5.32 Å². The number of nitrogens with one attached hydrogen (secondary N) is 1. The Balaban J connectivity index is 1.60. The standard InChI is InChI=1S/C18H21NO4/c1-12(23-14-8-6-13(21-2)7-9-14)18(20)19-16-4-3-5-17-15(16)10-11-22-17/h6-12,16H,3-5H2,1-2H3,(H,19,20). The van der Waals surface area contributed by atoms with Crippen LogP contribution in [0.25, 0.3) is 0 Å². The first-order chi connectivity index (χ1) is 11.2. The van der Waals surface area contributed by atoms with E-state index in [-0.39, 0.29) is 11.9 Å². The smallest absolute Gasteiger partial charge is 0.261 e. The van der Waals surface area contributed by atoms with Crippen LogP contribution in [-0.2, 0) is 11.2 Å². The zero-order valence-corrected chi connectivity index (χ0v) is 13.4. The van der Waals surface area contributed by atoms with Gasteiger partial charge in [0.1, 0.15) is 17.3 Å². The van der Waals surface area contributed by atoms with Gasteiger partial charge in [-0.15, -0.1) is 0 Å². The zero-order valence-electron chi connectivity index (χ0n) is 13.4. The molecule has 0 bridgehead atoms. The van der Waals surface area contributed by atoms with Gasteiger partial charge in [-0.05, 0) is 50.1 Å². The van der Waals surface area contributed by atoms with Crippen molar-refractivity contribution < 1.29 is 18.7 Å². The van der Waals surface area contributed by atoms with E-state index in [1.54, 1.807) is 44.6 Å². The second-order valence-electron chi connectivity index (χ2n) is 5.69. The lowest BCUT2D eigenvalue weighted by atomic mass is 9.93. The fourth-order valence-electron chi connectivity index (χ4n) is 2.84. The highest BCUT2D eigenvalue weighted by atomic mass is 16.5. The van der Waals surface area contributed by atoms with Gasteiger partial charge >= 0.3 is 0 Å². The van der Waals surface area contributed by atoms with Crippen molar-refractivity contribution in [3.8, 4) is 11.5 Å². The molecule has 5 heteroatoms. The second kappa shape index (κ2) is 6.77. The number of ether oxygens (including phenoxy) is 2. The molecule has 2 unspecified atom stereocenters. The van der Waals surface area contributed by atoms with E-state index < -0.39 is 6.10 Å². The van der Waals surface area contributed by atoms with Gasteiger partial charge in [0.05, 0.1) is 19.4 Å². The molecule has 1 N–H and O–H groups in total. The normalized spacial score (nSPS) is 17.9. The Morgan fingerprint density at radius 3 is 2.74 bits per heavy atom. The number of aryl methyl sites for hydroxylation is 1. The number of benzene rings is 1. The molecule has 0 fully saturated rings. The molecular weight excluding hydrogens is 294 g/mol. The average Bonchev–Trinajstić information content (AvgIpc) is 3.05. The predicted molar refractivity (Wildman–Crippen MR) is 85.6 cm³/mol. The van der Waals surface area contributed by atoms with E-state index in [0.29, 0.717) is 5.75 Å². The van der Waals surface area contributed by atoms with Crippen LogP contribution < -0.4 is 14.8 Å². The number of furan rings is 1. The van der Waals surface area contributed by atoms with Gasteiger partial charge in [0, 0.05) is 12.0 Å². The van der Waals surface area contributed by atoms with E-state index >= 15 is 0 Å². The number of methoxy groups -OCH3 is 1. The van der Waals surface area contributed by atoms with Crippen LogP contribution in [-0.4, -0.2) is 19.1 Å². The SMILES string of the molecule is COc1ccc(OC(C)C(=O)NC2CCCc3occc32)cc1. The Hall–Kier alpha value is -2.43. The lowest BCUT2D eigenvalue weighted by molar-refractivity contribution is -0.128. The average molecular weight is 315 g/mol. The molecule has 1 aromatic carbocycles. The molecule has 0 spiro atoms. The number of hydrogen-bond donors (Lipinski definition) is 1. The molecule has 5 nitrogen and oxygen atoms in total. The molecule has 0 saturated heterocycles. The lowest BCUT2D eigenvalue weighted by Gasteiger charge is -2.24. The third-order valence-corrected chi connectivity index (χ3v) is 4.11. The van der Waals surface area contributed by atoms with Crippen molar-refractivity contribution in [3.05, 3.63) is 47.9 Å². The monoisotopic (exact) mass is 315 g/mol. The molecule has 2 aromatic rings. The minimum atomic E-state index is -0.569. The summed E-state index contributed by atoms with van der Waals surface area (Å²) in [7, 11) is 1.61. The molecule has 2 atom stereocenters. The van der Waals surface area contributed by atoms with Gasteiger partial charge in [-0.1, -0.05) is 0 Å². The summed E-state index contributed by atoms with van der Waals surface area (Å²) in [5, 5.41) is 3.06. The molecule has 1 aromatic heterocycles. The summed E-state index contributed by atoms with van der Waals surface area (Å²) in [4.78, 5) is 12.4. The Morgan fingerprint density at radius 1 is 1.26 bits per heavy atom. The molecular formula is C18H21NO4. The van der Waals surface area contributed by atoms with Gasteiger partial charge < -0.3 is 19.2 Å². The van der Waals surface area contributed by atoms with Crippen molar-refractivity contribution in [3.63, 3.8) is 0 Å². The Kier molecular flexibility index (Phi) is 4.55. The van der Waals surface area contributed by atoms with Crippen LogP contribution in [0.15, 0.2) is 41.0 Å². The third-order valence-electron chi connectivity index (χ3n) is 4.11. The van der Waals surface area contributed by atoms with Crippen LogP contribution in [0.2, 0.25) is 0 Å². The summed E-state index contributed by atoms with van der Waals surface area (Å²) in [5.74, 6) is 2.25. The van der Waals surface area contributed by atoms with Crippen LogP contribution in [0.5, 0.6) is 11.5 Å². The van der Waals surface area contributed by atoms with Gasteiger partial charge in [0.25, 0.3) is 5.91 Å². The van der Waals surface area contributed by atoms with Gasteiger partial charge in [0.2, 0.25) is 0 Å². The summed E-state index contributed by atoms with van der Waals surface area (Å²) in [5.41, 5.74) is 1.08. The van der Waals surface area contributed by atoms with Crippen LogP contribution in [0.3, 0.4) is 0 Å². The first-order valence-corrected chi connectivity index (χ1v) is 7.84. The number of carbonyl (C=O) groups is 1. The van der Waals surface area contributed by atoms with E-state index in [0.717, 1.165) is 36.3 Å². The van der Waals surface area contributed by atoms with Gasteiger partial charge in [-0.3, -0.25) is 4.79 Å². The van der Waals surface area contributed by atoms with Crippen LogP contribution in [0.4, 0.5) is 0 Å². The third kappa shape index (κ3) is 3.50. The molecule has 1 heterocycles. The molecule has 0 saturated carbocycles. The number of rotatable bonds is 5. The van der Waals surface area contributed by atoms with E-state index in [9.17, 15) is 4.79 Å². The number of carbonyl (C=O) groups excluding carboxylic acids is 1. The summed E-state index contributed by atoms with van der Waals surface area (Å²) in [6.45, 7) is 1.75. The van der Waals surface area contributed by atoms with Crippen molar-refractivity contribution in [2.75, 3.05) is 7.11 Å². The van der Waals surface area contributed by atoms with Crippen molar-refractivity contribution in [1.29, 1.82) is 0 Å². The summed E-state index contributed by atoms with van der Waals surface area (Å²) in [6.07, 6.45) is 3.99. The minimum Gasteiger partial charge on any atom is -0.497 e. The first kappa shape index (κ1) is 15.5. The summed E-state index contributed by atoms with van der Waals surface area (Å²) in [6, 6.07) is 9.13. The number of amides is 1. The maximum absolute atomic E-state index is 12.4. The predicted octanol–water partition coefficient (Wildman–Crippen LogP) is 3.25. The van der Waals surface area contributed by atoms with Gasteiger partial charge in [-0.2, -0.15) is 0 Å². The largest absolute Gasteiger partial charge is 0.497 e. The highest BCUT2D eigenvalue weighted by Gasteiger charge is 2.26. The minimum absolute atomic E-state index is 0.00640. The molecule has 1 aliphatic rings. The Morgan fingerprint density at radius 2 is 2.00 bits per heavy atom.